The Labute approximate surface area is 145 Å². The minimum atomic E-state index is -0.432. The second kappa shape index (κ2) is 5.84. The molecule has 0 amide bonds. The van der Waals surface area contributed by atoms with Gasteiger partial charge in [-0.25, -0.2) is 4.98 Å². The highest BCUT2D eigenvalue weighted by atomic mass is 16.6. The maximum Gasteiger partial charge on any atom is 0.308 e. The predicted molar refractivity (Wildman–Crippen MR) is 91.6 cm³/mol. The molecule has 1 aliphatic rings. The summed E-state index contributed by atoms with van der Waals surface area (Å²) in [5.41, 5.74) is 2.28. The van der Waals surface area contributed by atoms with Crippen molar-refractivity contribution in [1.82, 2.24) is 9.55 Å². The van der Waals surface area contributed by atoms with Crippen molar-refractivity contribution in [1.29, 1.82) is 0 Å². The van der Waals surface area contributed by atoms with E-state index in [0.29, 0.717) is 34.3 Å². The quantitative estimate of drug-likeness (QED) is 0.674. The highest BCUT2D eigenvalue weighted by molar-refractivity contribution is 5.90. The van der Waals surface area contributed by atoms with Gasteiger partial charge in [-0.15, -0.1) is 0 Å². The van der Waals surface area contributed by atoms with Crippen LogP contribution in [0.4, 0.5) is 0 Å². The molecule has 0 radical (unpaired) electrons. The zero-order chi connectivity index (χ0) is 17.4. The summed E-state index contributed by atoms with van der Waals surface area (Å²) in [6.07, 6.45) is 3.54. The largest absolute Gasteiger partial charge is 0.448 e. The fourth-order valence-electron chi connectivity index (χ4n) is 2.68. The van der Waals surface area contributed by atoms with Gasteiger partial charge in [-0.3, -0.25) is 9.36 Å². The van der Waals surface area contributed by atoms with Crippen LogP contribution in [0.15, 0.2) is 48.8 Å². The van der Waals surface area contributed by atoms with Crippen LogP contribution in [0.2, 0.25) is 0 Å². The standard InChI is InChI=1S/C20H14N2O3/c1-13-7-9-15(10-8-13)18-19(24-14(2)23)16-5-4-12-22(16)20-17(25-18)6-3-11-21-20/h3-7,9,11-12H,1-2H3. The van der Waals surface area contributed by atoms with Crippen molar-refractivity contribution in [2.24, 2.45) is 0 Å². The van der Waals surface area contributed by atoms with E-state index < -0.39 is 5.97 Å². The molecule has 5 nitrogen and oxygen atoms in total. The smallest absolute Gasteiger partial charge is 0.308 e. The molecule has 2 aromatic heterocycles. The molecule has 25 heavy (non-hydrogen) atoms. The van der Waals surface area contributed by atoms with Crippen LogP contribution in [-0.2, 0) is 9.53 Å². The van der Waals surface area contributed by atoms with Gasteiger partial charge in [-0.2, -0.15) is 0 Å². The number of hydrogen-bond donors (Lipinski definition) is 0. The Morgan fingerprint density at radius 3 is 2.84 bits per heavy atom. The summed E-state index contributed by atoms with van der Waals surface area (Å²) in [6, 6.07) is 17.2. The Kier molecular flexibility index (Phi) is 3.51. The first-order chi connectivity index (χ1) is 12.1. The molecule has 4 rings (SSSR count). The Morgan fingerprint density at radius 1 is 1.20 bits per heavy atom. The maximum atomic E-state index is 11.7. The summed E-state index contributed by atoms with van der Waals surface area (Å²) in [6.45, 7) is 3.29. The number of carbonyl (C=O) groups is 1. The summed E-state index contributed by atoms with van der Waals surface area (Å²) >= 11 is 0. The molecule has 0 unspecified atom stereocenters. The minimum absolute atomic E-state index is 0.323. The molecule has 3 heterocycles. The third-order valence-corrected chi connectivity index (χ3v) is 3.76. The molecule has 0 bridgehead atoms. The van der Waals surface area contributed by atoms with Gasteiger partial charge in [0.2, 0.25) is 0 Å². The monoisotopic (exact) mass is 330 g/mol. The van der Waals surface area contributed by atoms with Crippen LogP contribution in [-0.4, -0.2) is 15.5 Å². The third-order valence-electron chi connectivity index (χ3n) is 3.76. The number of rotatable bonds is 2. The molecule has 1 aromatic carbocycles. The van der Waals surface area contributed by atoms with Crippen LogP contribution in [0.25, 0.3) is 17.3 Å². The lowest BCUT2D eigenvalue weighted by molar-refractivity contribution is -0.134. The van der Waals surface area contributed by atoms with Gasteiger partial charge in [-0.05, 0) is 48.9 Å². The number of hydrogen-bond acceptors (Lipinski definition) is 4. The van der Waals surface area contributed by atoms with Crippen molar-refractivity contribution in [3.8, 4) is 11.6 Å². The lowest BCUT2D eigenvalue weighted by Gasteiger charge is -2.12. The second-order valence-corrected chi connectivity index (χ2v) is 5.62. The van der Waals surface area contributed by atoms with Crippen LogP contribution in [0, 0.1) is 19.1 Å². The van der Waals surface area contributed by atoms with Crippen LogP contribution in [0.3, 0.4) is 0 Å². The molecule has 0 saturated heterocycles. The van der Waals surface area contributed by atoms with E-state index in [-0.39, 0.29) is 0 Å². The zero-order valence-corrected chi connectivity index (χ0v) is 13.7. The summed E-state index contributed by atoms with van der Waals surface area (Å²) in [5, 5.41) is 0. The van der Waals surface area contributed by atoms with Gasteiger partial charge in [0, 0.05) is 19.3 Å². The molecule has 0 fully saturated rings. The summed E-state index contributed by atoms with van der Waals surface area (Å²) in [7, 11) is 0. The van der Waals surface area contributed by atoms with E-state index in [1.165, 1.54) is 6.92 Å². The summed E-state index contributed by atoms with van der Waals surface area (Å²) in [5.74, 6) is 1.48. The van der Waals surface area contributed by atoms with E-state index in [2.05, 4.69) is 17.1 Å². The number of aromatic nitrogens is 2. The normalized spacial score (nSPS) is 12.4. The summed E-state index contributed by atoms with van der Waals surface area (Å²) in [4.78, 5) is 16.1. The average molecular weight is 330 g/mol. The fraction of sp³-hybridized carbons (Fsp3) is 0.100. The Balaban J connectivity index is 2.00. The highest BCUT2D eigenvalue weighted by Crippen LogP contribution is 2.37. The number of pyridine rings is 1. The first-order valence-corrected chi connectivity index (χ1v) is 7.78. The molecule has 0 N–H and O–H groups in total. The minimum Gasteiger partial charge on any atom is -0.448 e. The van der Waals surface area contributed by atoms with E-state index in [9.17, 15) is 4.79 Å². The Morgan fingerprint density at radius 2 is 2.08 bits per heavy atom. The van der Waals surface area contributed by atoms with E-state index >= 15 is 0 Å². The van der Waals surface area contributed by atoms with Crippen LogP contribution >= 0.6 is 0 Å². The molecule has 3 aromatic rings. The van der Waals surface area contributed by atoms with Gasteiger partial charge < -0.3 is 9.47 Å². The van der Waals surface area contributed by atoms with Crippen molar-refractivity contribution in [2.75, 3.05) is 0 Å². The third kappa shape index (κ3) is 2.64. The van der Waals surface area contributed by atoms with Crippen LogP contribution in [0.5, 0.6) is 5.75 Å². The van der Waals surface area contributed by atoms with Gasteiger partial charge in [0.1, 0.15) is 0 Å². The second-order valence-electron chi connectivity index (χ2n) is 5.62. The number of carbonyl (C=O) groups excluding carboxylic acids is 1. The van der Waals surface area contributed by atoms with E-state index in [1.807, 2.05) is 48.0 Å². The molecule has 0 spiro atoms. The SMILES string of the molecule is CC(=O)OC1=C(c2c#cc(C)cc2)Oc2cccnc2-n2cccc21. The molecule has 0 atom stereocenters. The number of nitrogens with zero attached hydrogens (tertiary/aromatic N) is 2. The lowest BCUT2D eigenvalue weighted by Crippen LogP contribution is -2.06. The first-order valence-electron chi connectivity index (χ1n) is 7.78. The first kappa shape index (κ1) is 15.0. The van der Waals surface area contributed by atoms with Gasteiger partial charge in [0.25, 0.3) is 0 Å². The summed E-state index contributed by atoms with van der Waals surface area (Å²) < 4.78 is 13.5. The highest BCUT2D eigenvalue weighted by Gasteiger charge is 2.27. The molecule has 5 heteroatoms. The number of aryl methyl sites for hydroxylation is 1. The Bertz CT molecular complexity index is 984. The van der Waals surface area contributed by atoms with E-state index in [0.717, 1.165) is 5.56 Å². The van der Waals surface area contributed by atoms with Crippen molar-refractivity contribution >= 4 is 17.5 Å². The lowest BCUT2D eigenvalue weighted by atomic mass is 10.1. The Hall–Kier alpha value is -3.52. The van der Waals surface area contributed by atoms with E-state index in [4.69, 9.17) is 9.47 Å². The van der Waals surface area contributed by atoms with Gasteiger partial charge in [0.15, 0.2) is 23.1 Å². The van der Waals surface area contributed by atoms with Crippen molar-refractivity contribution in [3.63, 3.8) is 0 Å². The van der Waals surface area contributed by atoms with E-state index in [1.54, 1.807) is 12.3 Å². The number of ether oxygens (including phenoxy) is 2. The van der Waals surface area contributed by atoms with Gasteiger partial charge in [0.05, 0.1) is 11.3 Å². The van der Waals surface area contributed by atoms with Crippen molar-refractivity contribution in [3.05, 3.63) is 77.7 Å². The van der Waals surface area contributed by atoms with Crippen molar-refractivity contribution < 1.29 is 14.3 Å². The predicted octanol–water partition coefficient (Wildman–Crippen LogP) is 3.56. The topological polar surface area (TPSA) is 53.4 Å². The molecule has 0 aliphatic carbocycles. The molecule has 0 saturated carbocycles. The average Bonchev–Trinajstić information content (AvgIpc) is 3.04. The van der Waals surface area contributed by atoms with Crippen LogP contribution in [0.1, 0.15) is 23.7 Å². The van der Waals surface area contributed by atoms with Crippen molar-refractivity contribution in [2.45, 2.75) is 13.8 Å². The van der Waals surface area contributed by atoms with Gasteiger partial charge in [-0.1, -0.05) is 12.1 Å². The molecule has 1 aliphatic heterocycles. The zero-order valence-electron chi connectivity index (χ0n) is 13.7. The maximum absolute atomic E-state index is 11.7. The molecular weight excluding hydrogens is 316 g/mol. The number of fused-ring (bicyclic) bond motifs is 3. The molecule has 122 valence electrons. The van der Waals surface area contributed by atoms with Gasteiger partial charge >= 0.3 is 5.97 Å². The fourth-order valence-corrected chi connectivity index (χ4v) is 2.68. The molecular formula is C20H14N2O3. The number of esters is 1. The van der Waals surface area contributed by atoms with Crippen LogP contribution < -0.4 is 4.74 Å².